The quantitative estimate of drug-likeness (QED) is 0.788. The number of morpholine rings is 1. The Kier molecular flexibility index (Phi) is 5.61. The number of nitriles is 1. The van der Waals surface area contributed by atoms with Gasteiger partial charge in [-0.1, -0.05) is 17.7 Å². The summed E-state index contributed by atoms with van der Waals surface area (Å²) in [4.78, 5) is 14.6. The van der Waals surface area contributed by atoms with Crippen LogP contribution in [0.5, 0.6) is 0 Å². The van der Waals surface area contributed by atoms with Gasteiger partial charge in [0.05, 0.1) is 24.2 Å². The Morgan fingerprint density at radius 2 is 1.85 bits per heavy atom. The van der Waals surface area contributed by atoms with E-state index in [1.54, 1.807) is 29.2 Å². The molecule has 0 aromatic heterocycles. The lowest BCUT2D eigenvalue weighted by Gasteiger charge is -2.37. The molecule has 2 aliphatic heterocycles. The van der Waals surface area contributed by atoms with E-state index in [1.807, 2.05) is 6.92 Å². The SMILES string of the molecule is Cc1ccc(S(=O)(=O)N2CCC(C(=O)N3CCOCC3C#N)CC2)cc1. The molecule has 1 unspecified atom stereocenters. The fraction of sp³-hybridized carbons (Fsp3) is 0.556. The summed E-state index contributed by atoms with van der Waals surface area (Å²) in [5.41, 5.74) is 1.01. The number of rotatable bonds is 3. The molecule has 140 valence electrons. The molecule has 7 nitrogen and oxygen atoms in total. The number of hydrogen-bond acceptors (Lipinski definition) is 5. The van der Waals surface area contributed by atoms with Crippen LogP contribution < -0.4 is 0 Å². The number of aryl methyl sites for hydroxylation is 1. The van der Waals surface area contributed by atoms with Crippen LogP contribution >= 0.6 is 0 Å². The lowest BCUT2D eigenvalue weighted by atomic mass is 9.95. The highest BCUT2D eigenvalue weighted by molar-refractivity contribution is 7.89. The molecule has 0 bridgehead atoms. The van der Waals surface area contributed by atoms with E-state index < -0.39 is 16.1 Å². The van der Waals surface area contributed by atoms with Crippen molar-refractivity contribution in [2.45, 2.75) is 30.7 Å². The molecule has 0 N–H and O–H groups in total. The molecule has 2 aliphatic rings. The van der Waals surface area contributed by atoms with Crippen molar-refractivity contribution in [3.8, 4) is 6.07 Å². The van der Waals surface area contributed by atoms with E-state index in [2.05, 4.69) is 6.07 Å². The van der Waals surface area contributed by atoms with E-state index >= 15 is 0 Å². The van der Waals surface area contributed by atoms with Crippen molar-refractivity contribution in [3.63, 3.8) is 0 Å². The van der Waals surface area contributed by atoms with Crippen LogP contribution in [0.4, 0.5) is 0 Å². The number of sulfonamides is 1. The van der Waals surface area contributed by atoms with Gasteiger partial charge in [-0.25, -0.2) is 8.42 Å². The number of piperidine rings is 1. The predicted molar refractivity (Wildman–Crippen MR) is 94.6 cm³/mol. The van der Waals surface area contributed by atoms with E-state index in [-0.39, 0.29) is 23.3 Å². The molecule has 1 aromatic carbocycles. The van der Waals surface area contributed by atoms with Crippen LogP contribution in [0.25, 0.3) is 0 Å². The zero-order chi connectivity index (χ0) is 18.7. The van der Waals surface area contributed by atoms with Gasteiger partial charge in [0.1, 0.15) is 6.04 Å². The number of hydrogen-bond donors (Lipinski definition) is 0. The van der Waals surface area contributed by atoms with E-state index in [0.29, 0.717) is 39.1 Å². The maximum Gasteiger partial charge on any atom is 0.243 e. The van der Waals surface area contributed by atoms with Crippen molar-refractivity contribution in [2.75, 3.05) is 32.8 Å². The average Bonchev–Trinajstić information content (AvgIpc) is 2.68. The summed E-state index contributed by atoms with van der Waals surface area (Å²) in [6.07, 6.45) is 0.943. The monoisotopic (exact) mass is 377 g/mol. The lowest BCUT2D eigenvalue weighted by Crippen LogP contribution is -2.52. The first-order valence-electron chi connectivity index (χ1n) is 8.78. The predicted octanol–water partition coefficient (Wildman–Crippen LogP) is 1.15. The number of benzene rings is 1. The largest absolute Gasteiger partial charge is 0.376 e. The molecule has 0 radical (unpaired) electrons. The van der Waals surface area contributed by atoms with Crippen molar-refractivity contribution in [2.24, 2.45) is 5.92 Å². The van der Waals surface area contributed by atoms with Crippen LogP contribution in [0.3, 0.4) is 0 Å². The molecule has 0 saturated carbocycles. The molecule has 2 saturated heterocycles. The van der Waals surface area contributed by atoms with Crippen molar-refractivity contribution in [1.82, 2.24) is 9.21 Å². The van der Waals surface area contributed by atoms with Gasteiger partial charge in [0.15, 0.2) is 0 Å². The maximum absolute atomic E-state index is 12.7. The standard InChI is InChI=1S/C18H23N3O4S/c1-14-2-4-17(5-3-14)26(23,24)20-8-6-15(7-9-20)18(22)21-10-11-25-13-16(21)12-19/h2-5,15-16H,6-11,13H2,1H3. The molecule has 1 amide bonds. The van der Waals surface area contributed by atoms with Gasteiger partial charge < -0.3 is 9.64 Å². The molecule has 1 atom stereocenters. The second kappa shape index (κ2) is 7.74. The highest BCUT2D eigenvalue weighted by atomic mass is 32.2. The van der Waals surface area contributed by atoms with Crippen LogP contribution in [-0.4, -0.2) is 62.4 Å². The number of ether oxygens (including phenoxy) is 1. The Morgan fingerprint density at radius 3 is 2.46 bits per heavy atom. The molecule has 1 aromatic rings. The summed E-state index contributed by atoms with van der Waals surface area (Å²) in [5, 5.41) is 9.19. The molecule has 0 aliphatic carbocycles. The summed E-state index contributed by atoms with van der Waals surface area (Å²) >= 11 is 0. The van der Waals surface area contributed by atoms with Crippen LogP contribution in [-0.2, 0) is 19.6 Å². The smallest absolute Gasteiger partial charge is 0.243 e. The second-order valence-corrected chi connectivity index (χ2v) is 8.68. The molecular weight excluding hydrogens is 354 g/mol. The summed E-state index contributed by atoms with van der Waals surface area (Å²) in [5.74, 6) is -0.305. The zero-order valence-electron chi connectivity index (χ0n) is 14.8. The Hall–Kier alpha value is -1.95. The third-order valence-corrected chi connectivity index (χ3v) is 6.94. The zero-order valence-corrected chi connectivity index (χ0v) is 15.6. The van der Waals surface area contributed by atoms with Crippen molar-refractivity contribution in [1.29, 1.82) is 5.26 Å². The van der Waals surface area contributed by atoms with Gasteiger partial charge in [-0.15, -0.1) is 0 Å². The lowest BCUT2D eigenvalue weighted by molar-refractivity contribution is -0.143. The number of carbonyl (C=O) groups is 1. The fourth-order valence-electron chi connectivity index (χ4n) is 3.41. The van der Waals surface area contributed by atoms with Gasteiger partial charge >= 0.3 is 0 Å². The Bertz CT molecular complexity index is 793. The van der Waals surface area contributed by atoms with Crippen LogP contribution in [0.15, 0.2) is 29.2 Å². The third-order valence-electron chi connectivity index (χ3n) is 5.02. The highest BCUT2D eigenvalue weighted by Gasteiger charge is 2.36. The van der Waals surface area contributed by atoms with Crippen LogP contribution in [0.2, 0.25) is 0 Å². The molecule has 2 fully saturated rings. The Labute approximate surface area is 154 Å². The Morgan fingerprint density at radius 1 is 1.19 bits per heavy atom. The first kappa shape index (κ1) is 18.8. The van der Waals surface area contributed by atoms with E-state index in [4.69, 9.17) is 4.74 Å². The number of carbonyl (C=O) groups excluding carboxylic acids is 1. The average molecular weight is 377 g/mol. The minimum atomic E-state index is -3.53. The van der Waals surface area contributed by atoms with Gasteiger partial charge in [-0.3, -0.25) is 4.79 Å². The van der Waals surface area contributed by atoms with Gasteiger partial charge in [0.25, 0.3) is 0 Å². The summed E-state index contributed by atoms with van der Waals surface area (Å²) in [7, 11) is -3.53. The van der Waals surface area contributed by atoms with Crippen molar-refractivity contribution >= 4 is 15.9 Å². The van der Waals surface area contributed by atoms with Gasteiger partial charge in [-0.2, -0.15) is 9.57 Å². The Balaban J connectivity index is 1.64. The molecule has 0 spiro atoms. The van der Waals surface area contributed by atoms with Crippen molar-refractivity contribution in [3.05, 3.63) is 29.8 Å². The first-order chi connectivity index (χ1) is 12.4. The first-order valence-corrected chi connectivity index (χ1v) is 10.2. The maximum atomic E-state index is 12.7. The van der Waals surface area contributed by atoms with Gasteiger partial charge in [0, 0.05) is 25.6 Å². The van der Waals surface area contributed by atoms with Gasteiger partial charge in [-0.05, 0) is 31.9 Å². The highest BCUT2D eigenvalue weighted by Crippen LogP contribution is 2.26. The molecule has 3 rings (SSSR count). The van der Waals surface area contributed by atoms with Crippen LogP contribution in [0, 0.1) is 24.2 Å². The summed E-state index contributed by atoms with van der Waals surface area (Å²) < 4.78 is 32.2. The van der Waals surface area contributed by atoms with Crippen LogP contribution in [0.1, 0.15) is 18.4 Å². The summed E-state index contributed by atoms with van der Waals surface area (Å²) in [6.45, 7) is 3.63. The number of nitrogens with zero attached hydrogens (tertiary/aromatic N) is 3. The molecular formula is C18H23N3O4S. The van der Waals surface area contributed by atoms with E-state index in [9.17, 15) is 18.5 Å². The van der Waals surface area contributed by atoms with E-state index in [0.717, 1.165) is 5.56 Å². The van der Waals surface area contributed by atoms with E-state index in [1.165, 1.54) is 4.31 Å². The molecule has 8 heteroatoms. The molecule has 26 heavy (non-hydrogen) atoms. The van der Waals surface area contributed by atoms with Gasteiger partial charge in [0.2, 0.25) is 15.9 Å². The van der Waals surface area contributed by atoms with Crippen molar-refractivity contribution < 1.29 is 17.9 Å². The topological polar surface area (TPSA) is 90.7 Å². The normalized spacial score (nSPS) is 22.8. The minimum absolute atomic E-state index is 0.0627. The minimum Gasteiger partial charge on any atom is -0.376 e. The molecule has 2 heterocycles. The third kappa shape index (κ3) is 3.75. The number of amides is 1. The second-order valence-electron chi connectivity index (χ2n) is 6.74. The summed E-state index contributed by atoms with van der Waals surface area (Å²) in [6, 6.07) is 8.36. The fourth-order valence-corrected chi connectivity index (χ4v) is 4.88.